The predicted octanol–water partition coefficient (Wildman–Crippen LogP) is 2.56. The third kappa shape index (κ3) is 3.91. The average Bonchev–Trinajstić information content (AvgIpc) is 3.04. The van der Waals surface area contributed by atoms with E-state index in [9.17, 15) is 4.79 Å². The average molecular weight is 356 g/mol. The van der Waals surface area contributed by atoms with E-state index in [-0.39, 0.29) is 5.56 Å². The number of fused-ring (bicyclic) bond motifs is 1. The van der Waals surface area contributed by atoms with Crippen LogP contribution in [0.15, 0.2) is 23.0 Å². The molecule has 0 radical (unpaired) electrons. The number of anilines is 2. The topological polar surface area (TPSA) is 97.7 Å². The zero-order valence-electron chi connectivity index (χ0n) is 15.4. The van der Waals surface area contributed by atoms with E-state index in [1.165, 1.54) is 11.1 Å². The first-order valence-electron chi connectivity index (χ1n) is 8.81. The summed E-state index contributed by atoms with van der Waals surface area (Å²) < 4.78 is 6.63. The molecule has 2 aromatic heterocycles. The molecule has 8 heteroatoms. The SMILES string of the molecule is CCc1cc(Nc2nc3nnn(CCCCOC)c3c(=O)[nH]2)ccc1C. The lowest BCUT2D eigenvalue weighted by Crippen LogP contribution is -2.15. The van der Waals surface area contributed by atoms with Crippen LogP contribution in [-0.4, -0.2) is 38.7 Å². The molecule has 2 heterocycles. The highest BCUT2D eigenvalue weighted by Crippen LogP contribution is 2.18. The molecule has 138 valence electrons. The molecule has 0 amide bonds. The molecule has 0 aliphatic heterocycles. The smallest absolute Gasteiger partial charge is 0.280 e. The molecule has 26 heavy (non-hydrogen) atoms. The summed E-state index contributed by atoms with van der Waals surface area (Å²) in [5, 5.41) is 11.2. The van der Waals surface area contributed by atoms with Crippen LogP contribution in [0, 0.1) is 6.92 Å². The van der Waals surface area contributed by atoms with Gasteiger partial charge in [0.2, 0.25) is 11.6 Å². The van der Waals surface area contributed by atoms with Gasteiger partial charge in [0.1, 0.15) is 0 Å². The maximum absolute atomic E-state index is 12.5. The van der Waals surface area contributed by atoms with Gasteiger partial charge >= 0.3 is 0 Å². The van der Waals surface area contributed by atoms with Crippen molar-refractivity contribution < 1.29 is 4.74 Å². The van der Waals surface area contributed by atoms with Gasteiger partial charge in [0.05, 0.1) is 0 Å². The Kier molecular flexibility index (Phi) is 5.62. The molecule has 0 saturated heterocycles. The van der Waals surface area contributed by atoms with Crippen LogP contribution >= 0.6 is 0 Å². The minimum Gasteiger partial charge on any atom is -0.385 e. The molecule has 3 rings (SSSR count). The van der Waals surface area contributed by atoms with Crippen molar-refractivity contribution in [3.63, 3.8) is 0 Å². The van der Waals surface area contributed by atoms with Crippen LogP contribution in [0.5, 0.6) is 0 Å². The monoisotopic (exact) mass is 356 g/mol. The number of nitrogens with one attached hydrogen (secondary N) is 2. The molecule has 2 N–H and O–H groups in total. The van der Waals surface area contributed by atoms with Crippen LogP contribution in [0.3, 0.4) is 0 Å². The van der Waals surface area contributed by atoms with E-state index in [1.807, 2.05) is 12.1 Å². The van der Waals surface area contributed by atoms with Crippen molar-refractivity contribution in [2.75, 3.05) is 19.0 Å². The molecular formula is C18H24N6O2. The minimum absolute atomic E-state index is 0.253. The van der Waals surface area contributed by atoms with E-state index >= 15 is 0 Å². The summed E-state index contributed by atoms with van der Waals surface area (Å²) in [6, 6.07) is 6.08. The Morgan fingerprint density at radius 1 is 1.31 bits per heavy atom. The summed E-state index contributed by atoms with van der Waals surface area (Å²) in [5.41, 5.74) is 3.85. The lowest BCUT2D eigenvalue weighted by atomic mass is 10.1. The van der Waals surface area contributed by atoms with Crippen LogP contribution in [0.4, 0.5) is 11.6 Å². The Balaban J connectivity index is 1.82. The Morgan fingerprint density at radius 2 is 2.15 bits per heavy atom. The number of aromatic nitrogens is 5. The predicted molar refractivity (Wildman–Crippen MR) is 101 cm³/mol. The Morgan fingerprint density at radius 3 is 2.92 bits per heavy atom. The molecule has 1 aromatic carbocycles. The number of ether oxygens (including phenoxy) is 1. The largest absolute Gasteiger partial charge is 0.385 e. The van der Waals surface area contributed by atoms with Crippen LogP contribution < -0.4 is 10.9 Å². The number of benzene rings is 1. The molecule has 0 saturated carbocycles. The standard InChI is InChI=1S/C18H24N6O2/c1-4-13-11-14(8-7-12(13)2)19-18-20-16-15(17(25)21-18)24(23-22-16)9-5-6-10-26-3/h7-8,11H,4-6,9-10H2,1-3H3,(H2,19,20,21,25). The number of methoxy groups -OCH3 is 1. The van der Waals surface area contributed by atoms with Gasteiger partial charge in [0.25, 0.3) is 5.56 Å². The molecule has 3 aromatic rings. The van der Waals surface area contributed by atoms with E-state index in [1.54, 1.807) is 11.8 Å². The first-order valence-corrected chi connectivity index (χ1v) is 8.81. The lowest BCUT2D eigenvalue weighted by Gasteiger charge is -2.09. The molecular weight excluding hydrogens is 332 g/mol. The highest BCUT2D eigenvalue weighted by atomic mass is 16.5. The molecule has 0 unspecified atom stereocenters. The van der Waals surface area contributed by atoms with Gasteiger partial charge in [0.15, 0.2) is 5.52 Å². The summed E-state index contributed by atoms with van der Waals surface area (Å²) in [7, 11) is 1.67. The molecule has 0 atom stereocenters. The molecule has 0 spiro atoms. The molecule has 0 aliphatic carbocycles. The normalized spacial score (nSPS) is 11.2. The second-order valence-electron chi connectivity index (χ2n) is 6.22. The van der Waals surface area contributed by atoms with E-state index < -0.39 is 0 Å². The van der Waals surface area contributed by atoms with Crippen molar-refractivity contribution in [1.29, 1.82) is 0 Å². The quantitative estimate of drug-likeness (QED) is 0.602. The second kappa shape index (κ2) is 8.09. The highest BCUT2D eigenvalue weighted by molar-refractivity contribution is 5.70. The van der Waals surface area contributed by atoms with Crippen molar-refractivity contribution in [2.45, 2.75) is 39.7 Å². The summed E-state index contributed by atoms with van der Waals surface area (Å²) in [4.78, 5) is 19.6. The van der Waals surface area contributed by atoms with Crippen molar-refractivity contribution in [3.05, 3.63) is 39.7 Å². The van der Waals surface area contributed by atoms with Crippen molar-refractivity contribution >= 4 is 22.8 Å². The number of rotatable bonds is 8. The third-order valence-electron chi connectivity index (χ3n) is 4.34. The Bertz CT molecular complexity index is 946. The number of hydrogen-bond acceptors (Lipinski definition) is 6. The fourth-order valence-electron chi connectivity index (χ4n) is 2.89. The van der Waals surface area contributed by atoms with Gasteiger partial charge in [0, 0.05) is 25.9 Å². The molecule has 0 aliphatic rings. The van der Waals surface area contributed by atoms with Gasteiger partial charge in [-0.3, -0.25) is 9.78 Å². The van der Waals surface area contributed by atoms with E-state index in [0.29, 0.717) is 30.3 Å². The fraction of sp³-hybridized carbons (Fsp3) is 0.444. The Hall–Kier alpha value is -2.74. The first kappa shape index (κ1) is 18.1. The van der Waals surface area contributed by atoms with Gasteiger partial charge in [-0.1, -0.05) is 18.2 Å². The van der Waals surface area contributed by atoms with Crippen molar-refractivity contribution in [1.82, 2.24) is 25.0 Å². The fourth-order valence-corrected chi connectivity index (χ4v) is 2.89. The molecule has 8 nitrogen and oxygen atoms in total. The molecule has 0 fully saturated rings. The van der Waals surface area contributed by atoms with Crippen LogP contribution in [0.25, 0.3) is 11.2 Å². The zero-order valence-corrected chi connectivity index (χ0v) is 15.4. The third-order valence-corrected chi connectivity index (χ3v) is 4.34. The summed E-state index contributed by atoms with van der Waals surface area (Å²) in [6.07, 6.45) is 2.70. The summed E-state index contributed by atoms with van der Waals surface area (Å²) in [5.74, 6) is 0.361. The highest BCUT2D eigenvalue weighted by Gasteiger charge is 2.12. The van der Waals surface area contributed by atoms with E-state index in [4.69, 9.17) is 4.74 Å². The van der Waals surface area contributed by atoms with Gasteiger partial charge in [-0.15, -0.1) is 5.10 Å². The number of hydrogen-bond donors (Lipinski definition) is 2. The first-order chi connectivity index (χ1) is 12.6. The number of aromatic amines is 1. The zero-order chi connectivity index (χ0) is 18.5. The van der Waals surface area contributed by atoms with E-state index in [2.05, 4.69) is 45.5 Å². The molecule has 0 bridgehead atoms. The summed E-state index contributed by atoms with van der Waals surface area (Å²) in [6.45, 7) is 5.49. The Labute approximate surface area is 151 Å². The number of unbranched alkanes of at least 4 members (excludes halogenated alkanes) is 1. The number of H-pyrrole nitrogens is 1. The maximum Gasteiger partial charge on any atom is 0.280 e. The number of nitrogens with zero attached hydrogens (tertiary/aromatic N) is 4. The van der Waals surface area contributed by atoms with Gasteiger partial charge < -0.3 is 10.1 Å². The summed E-state index contributed by atoms with van der Waals surface area (Å²) >= 11 is 0. The number of aryl methyl sites for hydroxylation is 3. The van der Waals surface area contributed by atoms with Crippen LogP contribution in [0.1, 0.15) is 30.9 Å². The maximum atomic E-state index is 12.5. The van der Waals surface area contributed by atoms with Gasteiger partial charge in [-0.25, -0.2) is 4.68 Å². The van der Waals surface area contributed by atoms with Crippen LogP contribution in [-0.2, 0) is 17.7 Å². The van der Waals surface area contributed by atoms with Gasteiger partial charge in [-0.05, 0) is 49.4 Å². The van der Waals surface area contributed by atoms with Gasteiger partial charge in [-0.2, -0.15) is 4.98 Å². The van der Waals surface area contributed by atoms with Crippen molar-refractivity contribution in [2.24, 2.45) is 0 Å². The second-order valence-corrected chi connectivity index (χ2v) is 6.22. The minimum atomic E-state index is -0.253. The lowest BCUT2D eigenvalue weighted by molar-refractivity contribution is 0.191. The van der Waals surface area contributed by atoms with E-state index in [0.717, 1.165) is 24.9 Å². The van der Waals surface area contributed by atoms with Crippen LogP contribution in [0.2, 0.25) is 0 Å². The van der Waals surface area contributed by atoms with Crippen molar-refractivity contribution in [3.8, 4) is 0 Å².